The Morgan fingerprint density at radius 3 is 2.19 bits per heavy atom. The van der Waals surface area contributed by atoms with Crippen LogP contribution in [-0.4, -0.2) is 12.5 Å². The third kappa shape index (κ3) is 4.05. The topological polar surface area (TPSA) is 33.1 Å². The Balaban J connectivity index is 2.59. The first-order valence-electron chi connectivity index (χ1n) is 5.73. The lowest BCUT2D eigenvalue weighted by Crippen LogP contribution is -2.18. The van der Waals surface area contributed by atoms with Crippen LogP contribution in [0.1, 0.15) is 38.8 Å². The molecule has 0 atom stereocenters. The molecule has 1 rings (SSSR count). The van der Waals surface area contributed by atoms with E-state index in [2.05, 4.69) is 27.7 Å². The van der Waals surface area contributed by atoms with Crippen LogP contribution < -0.4 is 0 Å². The molecule has 0 bridgehead atoms. The molecule has 2 heteroatoms. The summed E-state index contributed by atoms with van der Waals surface area (Å²) in [6, 6.07) is 7.99. The van der Waals surface area contributed by atoms with Gasteiger partial charge in [-0.05, 0) is 29.5 Å². The number of aryl methyl sites for hydroxylation is 1. The predicted molar refractivity (Wildman–Crippen MR) is 68.1 cm³/mol. The lowest BCUT2D eigenvalue weighted by Gasteiger charge is -2.19. The van der Waals surface area contributed by atoms with Gasteiger partial charge in [0.05, 0.1) is 6.61 Å². The fraction of sp³-hybridized carbons (Fsp3) is 0.500. The summed E-state index contributed by atoms with van der Waals surface area (Å²) in [7, 11) is 0. The van der Waals surface area contributed by atoms with Crippen molar-refractivity contribution in [1.29, 1.82) is 5.41 Å². The van der Waals surface area contributed by atoms with Gasteiger partial charge in [-0.1, -0.05) is 39.8 Å². The average Bonchev–Trinajstić information content (AvgIpc) is 2.25. The molecule has 0 aromatic heterocycles. The van der Waals surface area contributed by atoms with E-state index in [0.29, 0.717) is 6.61 Å². The zero-order chi connectivity index (χ0) is 12.2. The average molecular weight is 219 g/mol. The Morgan fingerprint density at radius 2 is 1.75 bits per heavy atom. The molecular weight excluding hydrogens is 198 g/mol. The first kappa shape index (κ1) is 12.8. The number of benzene rings is 1. The fourth-order valence-corrected chi connectivity index (χ4v) is 1.26. The quantitative estimate of drug-likeness (QED) is 0.611. The number of hydrogen-bond acceptors (Lipinski definition) is 2. The van der Waals surface area contributed by atoms with E-state index in [4.69, 9.17) is 10.1 Å². The van der Waals surface area contributed by atoms with Crippen molar-refractivity contribution in [1.82, 2.24) is 0 Å². The first-order chi connectivity index (χ1) is 7.42. The van der Waals surface area contributed by atoms with Crippen LogP contribution in [0.4, 0.5) is 0 Å². The molecule has 1 N–H and O–H groups in total. The fourth-order valence-electron chi connectivity index (χ4n) is 1.26. The zero-order valence-electron chi connectivity index (χ0n) is 10.6. The maximum absolute atomic E-state index is 7.82. The molecule has 16 heavy (non-hydrogen) atoms. The van der Waals surface area contributed by atoms with E-state index < -0.39 is 0 Å². The van der Waals surface area contributed by atoms with E-state index in [-0.39, 0.29) is 11.3 Å². The number of ether oxygens (including phenoxy) is 1. The van der Waals surface area contributed by atoms with Crippen molar-refractivity contribution in [2.45, 2.75) is 34.1 Å². The van der Waals surface area contributed by atoms with Gasteiger partial charge in [0.15, 0.2) is 0 Å². The molecule has 1 aromatic rings. The second kappa shape index (κ2) is 5.15. The molecule has 0 fully saturated rings. The molecule has 0 saturated carbocycles. The second-order valence-electron chi connectivity index (χ2n) is 5.23. The van der Waals surface area contributed by atoms with Crippen molar-refractivity contribution < 1.29 is 4.74 Å². The number of nitrogens with one attached hydrogen (secondary N) is 1. The first-order valence-corrected chi connectivity index (χ1v) is 5.73. The van der Waals surface area contributed by atoms with Crippen LogP contribution in [0.25, 0.3) is 0 Å². The molecule has 0 radical (unpaired) electrons. The van der Waals surface area contributed by atoms with Crippen LogP contribution in [0, 0.1) is 10.8 Å². The largest absolute Gasteiger partial charge is 0.477 e. The summed E-state index contributed by atoms with van der Waals surface area (Å²) in [4.78, 5) is 0. The highest BCUT2D eigenvalue weighted by Gasteiger charge is 2.12. The van der Waals surface area contributed by atoms with Crippen molar-refractivity contribution >= 4 is 5.90 Å². The summed E-state index contributed by atoms with van der Waals surface area (Å²) in [5, 5.41) is 7.82. The molecule has 0 heterocycles. The van der Waals surface area contributed by atoms with Gasteiger partial charge in [-0.15, -0.1) is 0 Å². The SMILES string of the molecule is CCc1ccc(C(=N)OCC(C)(C)C)cc1. The van der Waals surface area contributed by atoms with Crippen molar-refractivity contribution in [3.8, 4) is 0 Å². The van der Waals surface area contributed by atoms with E-state index in [1.807, 2.05) is 24.3 Å². The molecule has 0 amide bonds. The van der Waals surface area contributed by atoms with Crippen LogP contribution in [0.3, 0.4) is 0 Å². The van der Waals surface area contributed by atoms with Crippen LogP contribution in [0.2, 0.25) is 0 Å². The van der Waals surface area contributed by atoms with Crippen LogP contribution in [0.15, 0.2) is 24.3 Å². The Morgan fingerprint density at radius 1 is 1.19 bits per heavy atom. The minimum absolute atomic E-state index is 0.0929. The summed E-state index contributed by atoms with van der Waals surface area (Å²) in [6.45, 7) is 8.99. The highest BCUT2D eigenvalue weighted by molar-refractivity contribution is 5.91. The monoisotopic (exact) mass is 219 g/mol. The predicted octanol–water partition coefficient (Wildman–Crippen LogP) is 3.64. The normalized spacial score (nSPS) is 11.2. The van der Waals surface area contributed by atoms with Crippen molar-refractivity contribution in [2.75, 3.05) is 6.61 Å². The van der Waals surface area contributed by atoms with Crippen LogP contribution in [0.5, 0.6) is 0 Å². The summed E-state index contributed by atoms with van der Waals surface area (Å²) >= 11 is 0. The highest BCUT2D eigenvalue weighted by atomic mass is 16.5. The van der Waals surface area contributed by atoms with Crippen LogP contribution >= 0.6 is 0 Å². The van der Waals surface area contributed by atoms with Gasteiger partial charge >= 0.3 is 0 Å². The molecule has 0 aliphatic rings. The maximum Gasteiger partial charge on any atom is 0.213 e. The Hall–Kier alpha value is -1.31. The van der Waals surface area contributed by atoms with Crippen molar-refractivity contribution in [3.63, 3.8) is 0 Å². The molecule has 88 valence electrons. The summed E-state index contributed by atoms with van der Waals surface area (Å²) in [5.41, 5.74) is 2.23. The maximum atomic E-state index is 7.82. The van der Waals surface area contributed by atoms with Gasteiger partial charge in [0.2, 0.25) is 5.90 Å². The molecule has 2 nitrogen and oxygen atoms in total. The minimum atomic E-state index is 0.0929. The van der Waals surface area contributed by atoms with E-state index in [0.717, 1.165) is 12.0 Å². The van der Waals surface area contributed by atoms with Gasteiger partial charge in [0.25, 0.3) is 0 Å². The van der Waals surface area contributed by atoms with Gasteiger partial charge in [-0.3, -0.25) is 5.41 Å². The van der Waals surface area contributed by atoms with Gasteiger partial charge < -0.3 is 4.74 Å². The van der Waals surface area contributed by atoms with Crippen molar-refractivity contribution in [3.05, 3.63) is 35.4 Å². The lowest BCUT2D eigenvalue weighted by molar-refractivity contribution is 0.186. The third-order valence-corrected chi connectivity index (χ3v) is 2.27. The van der Waals surface area contributed by atoms with Gasteiger partial charge in [0.1, 0.15) is 0 Å². The number of hydrogen-bond donors (Lipinski definition) is 1. The summed E-state index contributed by atoms with van der Waals surface area (Å²) < 4.78 is 5.45. The van der Waals surface area contributed by atoms with Gasteiger partial charge in [-0.25, -0.2) is 0 Å². The lowest BCUT2D eigenvalue weighted by atomic mass is 9.99. The Labute approximate surface area is 98.1 Å². The van der Waals surface area contributed by atoms with Gasteiger partial charge in [0, 0.05) is 5.56 Å². The third-order valence-electron chi connectivity index (χ3n) is 2.27. The molecule has 0 aliphatic carbocycles. The van der Waals surface area contributed by atoms with E-state index in [1.165, 1.54) is 5.56 Å². The second-order valence-corrected chi connectivity index (χ2v) is 5.23. The Bertz CT molecular complexity index is 346. The molecule has 0 saturated heterocycles. The van der Waals surface area contributed by atoms with E-state index in [1.54, 1.807) is 0 Å². The molecule has 0 aliphatic heterocycles. The van der Waals surface area contributed by atoms with Crippen LogP contribution in [-0.2, 0) is 11.2 Å². The Kier molecular flexibility index (Phi) is 4.11. The van der Waals surface area contributed by atoms with E-state index in [9.17, 15) is 0 Å². The molecule has 0 spiro atoms. The molecule has 0 unspecified atom stereocenters. The highest BCUT2D eigenvalue weighted by Crippen LogP contribution is 2.14. The van der Waals surface area contributed by atoms with Crippen molar-refractivity contribution in [2.24, 2.45) is 5.41 Å². The summed E-state index contributed by atoms with van der Waals surface area (Å²) in [5.74, 6) is 0.262. The molecule has 1 aromatic carbocycles. The number of rotatable bonds is 3. The zero-order valence-corrected chi connectivity index (χ0v) is 10.6. The smallest absolute Gasteiger partial charge is 0.213 e. The standard InChI is InChI=1S/C14H21NO/c1-5-11-6-8-12(9-7-11)13(15)16-10-14(2,3)4/h6-9,15H,5,10H2,1-4H3. The summed E-state index contributed by atoms with van der Waals surface area (Å²) in [6.07, 6.45) is 1.02. The molecular formula is C14H21NO. The minimum Gasteiger partial charge on any atom is -0.477 e. The van der Waals surface area contributed by atoms with Gasteiger partial charge in [-0.2, -0.15) is 0 Å². The van der Waals surface area contributed by atoms with E-state index >= 15 is 0 Å².